The Morgan fingerprint density at radius 1 is 1.29 bits per heavy atom. The Balaban J connectivity index is -0.0000000150. The van der Waals surface area contributed by atoms with Gasteiger partial charge in [0.1, 0.15) is 0 Å². The monoisotopic (exact) mass is 218 g/mol. The van der Waals surface area contributed by atoms with Crippen LogP contribution in [0.4, 0.5) is 4.79 Å². The summed E-state index contributed by atoms with van der Waals surface area (Å²) in [4.78, 5) is 8.33. The molecule has 0 fully saturated rings. The number of carbonyl (C=O) groups excluding carboxylic acids is 1. The SMILES string of the molecule is O.O=C([O-])[O-].[Cs+].[Li+]. The Hall–Kier alpha value is 1.88. The molecule has 0 unspecified atom stereocenters. The third-order valence-corrected chi connectivity index (χ3v) is 0. The van der Waals surface area contributed by atoms with Crippen molar-refractivity contribution in [2.75, 3.05) is 0 Å². The smallest absolute Gasteiger partial charge is 0.652 e. The largest absolute Gasteiger partial charge is 1.00 e. The number of hydrogen-bond donors (Lipinski definition) is 0. The quantitative estimate of drug-likeness (QED) is 0.377. The van der Waals surface area contributed by atoms with E-state index >= 15 is 0 Å². The van der Waals surface area contributed by atoms with Crippen molar-refractivity contribution >= 4 is 6.16 Å². The molecule has 0 aliphatic heterocycles. The van der Waals surface area contributed by atoms with Gasteiger partial charge in [-0.2, -0.15) is 0 Å². The fourth-order valence-corrected chi connectivity index (χ4v) is 0. The molecule has 0 aromatic heterocycles. The van der Waals surface area contributed by atoms with Crippen LogP contribution in [0.5, 0.6) is 0 Å². The Labute approximate surface area is 112 Å². The second-order valence-corrected chi connectivity index (χ2v) is 0.250. The zero-order valence-electron chi connectivity index (χ0n) is 4.22. The summed E-state index contributed by atoms with van der Waals surface area (Å²) >= 11 is 0. The molecule has 0 saturated heterocycles. The molecule has 7 heavy (non-hydrogen) atoms. The zero-order chi connectivity index (χ0) is 3.58. The molecule has 6 heteroatoms. The summed E-state index contributed by atoms with van der Waals surface area (Å²) in [5.74, 6) is 0. The standard InChI is InChI=1S/CH2O3.Cs.Li.H2O/c2-1(3)4;;;/h(H2,2,3,4);;;1H2/q;2*+1;/p-2. The van der Waals surface area contributed by atoms with Crippen molar-refractivity contribution < 1.29 is 108 Å². The average molecular weight is 218 g/mol. The number of carboxylic acid groups (broad SMARTS) is 2. The summed E-state index contributed by atoms with van der Waals surface area (Å²) in [5.41, 5.74) is 0. The Morgan fingerprint density at radius 2 is 1.29 bits per heavy atom. The fraction of sp³-hybridized carbons (Fsp3) is 0. The first-order chi connectivity index (χ1) is 1.73. The van der Waals surface area contributed by atoms with Gasteiger partial charge in [0.25, 0.3) is 0 Å². The van der Waals surface area contributed by atoms with E-state index in [1.54, 1.807) is 0 Å². The molecule has 32 valence electrons. The molecule has 0 aliphatic carbocycles. The van der Waals surface area contributed by atoms with Crippen LogP contribution in [0.2, 0.25) is 0 Å². The number of carbonyl (C=O) groups is 1. The van der Waals surface area contributed by atoms with Crippen LogP contribution in [-0.2, 0) is 0 Å². The predicted molar refractivity (Wildman–Crippen MR) is 9.01 cm³/mol. The Morgan fingerprint density at radius 3 is 1.29 bits per heavy atom. The van der Waals surface area contributed by atoms with Gasteiger partial charge in [-0.15, -0.1) is 0 Å². The van der Waals surface area contributed by atoms with Crippen molar-refractivity contribution in [1.29, 1.82) is 0 Å². The van der Waals surface area contributed by atoms with Gasteiger partial charge in [-0.1, -0.05) is 0 Å². The molecule has 0 radical (unpaired) electrons. The van der Waals surface area contributed by atoms with E-state index in [-0.39, 0.29) is 93.2 Å². The normalized spacial score (nSPS) is 3.43. The minimum atomic E-state index is -2.33. The molecule has 0 rings (SSSR count). The van der Waals surface area contributed by atoms with Gasteiger partial charge in [-0.3, -0.25) is 0 Å². The van der Waals surface area contributed by atoms with Crippen molar-refractivity contribution in [2.24, 2.45) is 0 Å². The van der Waals surface area contributed by atoms with Gasteiger partial charge in [0.05, 0.1) is 0 Å². The Bertz CT molecular complexity index is 34.7. The van der Waals surface area contributed by atoms with E-state index < -0.39 is 6.16 Å². The summed E-state index contributed by atoms with van der Waals surface area (Å²) in [6, 6.07) is 0. The summed E-state index contributed by atoms with van der Waals surface area (Å²) in [7, 11) is 0. The van der Waals surface area contributed by atoms with Crippen LogP contribution in [0, 0.1) is 0 Å². The molecule has 0 bridgehead atoms. The molecule has 0 spiro atoms. The van der Waals surface area contributed by atoms with Gasteiger partial charge < -0.3 is 20.5 Å². The van der Waals surface area contributed by atoms with E-state index in [4.69, 9.17) is 15.0 Å². The molecule has 4 nitrogen and oxygen atoms in total. The van der Waals surface area contributed by atoms with E-state index in [0.29, 0.717) is 0 Å². The molecule has 2 N–H and O–H groups in total. The molecule has 0 aromatic carbocycles. The molecule has 0 heterocycles. The first-order valence-corrected chi connectivity index (χ1v) is 0.612. The molecular weight excluding hydrogens is 216 g/mol. The number of rotatable bonds is 0. The summed E-state index contributed by atoms with van der Waals surface area (Å²) in [6.45, 7) is 0. The van der Waals surface area contributed by atoms with Gasteiger partial charge in [0.2, 0.25) is 0 Å². The maximum atomic E-state index is 8.33. The first kappa shape index (κ1) is 23.2. The molecule has 0 atom stereocenters. The molecule has 0 amide bonds. The van der Waals surface area contributed by atoms with E-state index in [1.807, 2.05) is 0 Å². The van der Waals surface area contributed by atoms with Crippen LogP contribution in [0.1, 0.15) is 0 Å². The molecule has 0 aromatic rings. The zero-order valence-corrected chi connectivity index (χ0v) is 10.5. The summed E-state index contributed by atoms with van der Waals surface area (Å²) < 4.78 is 0. The average Bonchev–Trinajstić information content (AvgIpc) is 0.811. The van der Waals surface area contributed by atoms with Crippen molar-refractivity contribution in [2.45, 2.75) is 0 Å². The van der Waals surface area contributed by atoms with Gasteiger partial charge in [0.15, 0.2) is 0 Å². The van der Waals surface area contributed by atoms with E-state index in [0.717, 1.165) is 0 Å². The molecular formula is CH2CsLiO4. The van der Waals surface area contributed by atoms with Crippen molar-refractivity contribution in [1.82, 2.24) is 0 Å². The second-order valence-electron chi connectivity index (χ2n) is 0.250. The molecule has 0 aliphatic rings. The van der Waals surface area contributed by atoms with E-state index in [9.17, 15) is 0 Å². The van der Waals surface area contributed by atoms with Crippen molar-refractivity contribution in [3.63, 3.8) is 0 Å². The minimum Gasteiger partial charge on any atom is -0.652 e. The van der Waals surface area contributed by atoms with Crippen LogP contribution in [0.3, 0.4) is 0 Å². The molecule has 0 saturated carbocycles. The van der Waals surface area contributed by atoms with Gasteiger partial charge in [-0.05, 0) is 6.16 Å². The summed E-state index contributed by atoms with van der Waals surface area (Å²) in [6.07, 6.45) is -2.33. The number of hydrogen-bond acceptors (Lipinski definition) is 3. The van der Waals surface area contributed by atoms with Gasteiger partial charge >= 0.3 is 87.8 Å². The first-order valence-electron chi connectivity index (χ1n) is 0.612. The third kappa shape index (κ3) is 77.1. The van der Waals surface area contributed by atoms with Gasteiger partial charge in [-0.25, -0.2) is 0 Å². The second kappa shape index (κ2) is 15.7. The van der Waals surface area contributed by atoms with Crippen LogP contribution >= 0.6 is 0 Å². The van der Waals surface area contributed by atoms with Crippen LogP contribution in [0.25, 0.3) is 0 Å². The fourth-order valence-electron chi connectivity index (χ4n) is 0. The topological polar surface area (TPSA) is 94.7 Å². The third-order valence-electron chi connectivity index (χ3n) is 0. The minimum absolute atomic E-state index is 0. The predicted octanol–water partition coefficient (Wildman–Crippen LogP) is -9.26. The van der Waals surface area contributed by atoms with E-state index in [2.05, 4.69) is 0 Å². The van der Waals surface area contributed by atoms with Crippen LogP contribution < -0.4 is 98.0 Å². The van der Waals surface area contributed by atoms with Crippen LogP contribution in [0.15, 0.2) is 0 Å². The van der Waals surface area contributed by atoms with E-state index in [1.165, 1.54) is 0 Å². The van der Waals surface area contributed by atoms with Crippen molar-refractivity contribution in [3.05, 3.63) is 0 Å². The Kier molecular flexibility index (Phi) is 51.8. The van der Waals surface area contributed by atoms with Crippen molar-refractivity contribution in [3.8, 4) is 0 Å². The van der Waals surface area contributed by atoms with Crippen LogP contribution in [-0.4, -0.2) is 11.6 Å². The maximum absolute atomic E-state index is 8.33. The maximum Gasteiger partial charge on any atom is 1.00 e. The van der Waals surface area contributed by atoms with Gasteiger partial charge in [0, 0.05) is 0 Å². The summed E-state index contributed by atoms with van der Waals surface area (Å²) in [5, 5.41) is 16.7.